The van der Waals surface area contributed by atoms with Crippen molar-refractivity contribution in [3.8, 4) is 0 Å². The van der Waals surface area contributed by atoms with Gasteiger partial charge in [0, 0.05) is 31.5 Å². The van der Waals surface area contributed by atoms with Gasteiger partial charge in [0.1, 0.15) is 6.33 Å². The number of piperidine rings is 1. The third-order valence-corrected chi connectivity index (χ3v) is 4.03. The summed E-state index contributed by atoms with van der Waals surface area (Å²) in [6.07, 6.45) is 9.18. The number of fused-ring (bicyclic) bond motifs is 1. The fraction of sp³-hybridized carbons (Fsp3) is 0.667. The number of anilines is 1. The van der Waals surface area contributed by atoms with Gasteiger partial charge in [0.05, 0.1) is 0 Å². The Hall–Kier alpha value is -1.69. The molecule has 3 heterocycles. The summed E-state index contributed by atoms with van der Waals surface area (Å²) in [6.45, 7) is 7.60. The maximum atomic E-state index is 4.57. The van der Waals surface area contributed by atoms with Crippen LogP contribution in [0.1, 0.15) is 33.1 Å². The van der Waals surface area contributed by atoms with Crippen molar-refractivity contribution < 1.29 is 0 Å². The summed E-state index contributed by atoms with van der Waals surface area (Å²) in [5.74, 6) is 1.64. The number of nitrogens with zero attached hydrogens (tertiary/aromatic N) is 5. The molecule has 2 aromatic rings. The summed E-state index contributed by atoms with van der Waals surface area (Å²) < 4.78 is 1.94. The number of hydrogen-bond donors (Lipinski definition) is 1. The van der Waals surface area contributed by atoms with E-state index in [4.69, 9.17) is 0 Å². The summed E-state index contributed by atoms with van der Waals surface area (Å²) in [6, 6.07) is 0.493. The van der Waals surface area contributed by atoms with E-state index < -0.39 is 0 Å². The van der Waals surface area contributed by atoms with E-state index in [1.807, 2.05) is 16.8 Å². The first-order chi connectivity index (χ1) is 10.3. The standard InChI is InChI=1S/C15H24N6/c1-12(2)9-16-10-13-5-3-4-7-21(13)14-15-19-18-11-20(15)8-6-17-14/h6,8,11-13,16H,3-5,7,9-10H2,1-2H3. The maximum absolute atomic E-state index is 4.57. The molecule has 1 atom stereocenters. The second-order valence-corrected chi connectivity index (χ2v) is 6.21. The highest BCUT2D eigenvalue weighted by atomic mass is 15.3. The van der Waals surface area contributed by atoms with E-state index in [1.54, 1.807) is 6.33 Å². The number of hydrogen-bond acceptors (Lipinski definition) is 5. The molecule has 21 heavy (non-hydrogen) atoms. The fourth-order valence-electron chi connectivity index (χ4n) is 2.98. The molecule has 1 saturated heterocycles. The zero-order valence-electron chi connectivity index (χ0n) is 12.9. The molecule has 1 fully saturated rings. The molecular formula is C15H24N6. The smallest absolute Gasteiger partial charge is 0.203 e. The van der Waals surface area contributed by atoms with Crippen LogP contribution in [0.4, 0.5) is 5.82 Å². The maximum Gasteiger partial charge on any atom is 0.203 e. The van der Waals surface area contributed by atoms with Crippen molar-refractivity contribution in [1.82, 2.24) is 24.9 Å². The lowest BCUT2D eigenvalue weighted by Crippen LogP contribution is -2.46. The Morgan fingerprint density at radius 2 is 2.29 bits per heavy atom. The molecule has 6 heteroatoms. The van der Waals surface area contributed by atoms with Crippen LogP contribution in [0.3, 0.4) is 0 Å². The molecule has 0 radical (unpaired) electrons. The second-order valence-electron chi connectivity index (χ2n) is 6.21. The lowest BCUT2D eigenvalue weighted by Gasteiger charge is -2.36. The first-order valence-electron chi connectivity index (χ1n) is 7.87. The van der Waals surface area contributed by atoms with Gasteiger partial charge in [-0.3, -0.25) is 4.40 Å². The predicted molar refractivity (Wildman–Crippen MR) is 83.5 cm³/mol. The molecule has 0 bridgehead atoms. The van der Waals surface area contributed by atoms with Crippen molar-refractivity contribution in [2.75, 3.05) is 24.5 Å². The average molecular weight is 288 g/mol. The van der Waals surface area contributed by atoms with E-state index >= 15 is 0 Å². The van der Waals surface area contributed by atoms with Gasteiger partial charge in [0.2, 0.25) is 5.65 Å². The minimum absolute atomic E-state index is 0.493. The summed E-state index contributed by atoms with van der Waals surface area (Å²) >= 11 is 0. The van der Waals surface area contributed by atoms with Crippen molar-refractivity contribution in [3.63, 3.8) is 0 Å². The molecule has 0 amide bonds. The molecule has 1 aliphatic rings. The molecule has 2 aromatic heterocycles. The Morgan fingerprint density at radius 3 is 3.14 bits per heavy atom. The van der Waals surface area contributed by atoms with Gasteiger partial charge in [0.15, 0.2) is 5.82 Å². The van der Waals surface area contributed by atoms with Crippen LogP contribution in [0.2, 0.25) is 0 Å². The minimum atomic E-state index is 0.493. The van der Waals surface area contributed by atoms with Gasteiger partial charge >= 0.3 is 0 Å². The molecule has 6 nitrogen and oxygen atoms in total. The molecule has 114 valence electrons. The van der Waals surface area contributed by atoms with Gasteiger partial charge in [-0.15, -0.1) is 10.2 Å². The van der Waals surface area contributed by atoms with Crippen LogP contribution < -0.4 is 10.2 Å². The normalized spacial score (nSPS) is 19.6. The van der Waals surface area contributed by atoms with E-state index in [0.29, 0.717) is 12.0 Å². The molecule has 0 aromatic carbocycles. The fourth-order valence-corrected chi connectivity index (χ4v) is 2.98. The highest BCUT2D eigenvalue weighted by Gasteiger charge is 2.25. The molecule has 0 saturated carbocycles. The van der Waals surface area contributed by atoms with Gasteiger partial charge in [-0.25, -0.2) is 4.98 Å². The van der Waals surface area contributed by atoms with Crippen molar-refractivity contribution in [3.05, 3.63) is 18.7 Å². The number of aromatic nitrogens is 4. The molecule has 3 rings (SSSR count). The number of rotatable bonds is 5. The Morgan fingerprint density at radius 1 is 1.38 bits per heavy atom. The minimum Gasteiger partial charge on any atom is -0.349 e. The summed E-state index contributed by atoms with van der Waals surface area (Å²) in [5.41, 5.74) is 0.855. The Labute approximate surface area is 125 Å². The summed E-state index contributed by atoms with van der Waals surface area (Å²) in [5, 5.41) is 11.8. The lowest BCUT2D eigenvalue weighted by atomic mass is 10.0. The van der Waals surface area contributed by atoms with Gasteiger partial charge in [0.25, 0.3) is 0 Å². The van der Waals surface area contributed by atoms with Gasteiger partial charge < -0.3 is 10.2 Å². The zero-order valence-corrected chi connectivity index (χ0v) is 12.9. The molecule has 1 aliphatic heterocycles. The Kier molecular flexibility index (Phi) is 4.34. The van der Waals surface area contributed by atoms with Crippen molar-refractivity contribution >= 4 is 11.5 Å². The summed E-state index contributed by atoms with van der Waals surface area (Å²) in [7, 11) is 0. The van der Waals surface area contributed by atoms with Crippen LogP contribution in [-0.2, 0) is 0 Å². The molecule has 1 unspecified atom stereocenters. The molecule has 1 N–H and O–H groups in total. The quantitative estimate of drug-likeness (QED) is 0.908. The van der Waals surface area contributed by atoms with Crippen molar-refractivity contribution in [1.29, 1.82) is 0 Å². The first-order valence-corrected chi connectivity index (χ1v) is 7.87. The second kappa shape index (κ2) is 6.39. The van der Waals surface area contributed by atoms with E-state index in [9.17, 15) is 0 Å². The topological polar surface area (TPSA) is 58.4 Å². The third kappa shape index (κ3) is 3.15. The Bertz CT molecular complexity index is 578. The predicted octanol–water partition coefficient (Wildman–Crippen LogP) is 1.73. The van der Waals surface area contributed by atoms with Crippen LogP contribution in [0, 0.1) is 5.92 Å². The monoisotopic (exact) mass is 288 g/mol. The van der Waals surface area contributed by atoms with Crippen molar-refractivity contribution in [2.24, 2.45) is 5.92 Å². The lowest BCUT2D eigenvalue weighted by molar-refractivity contribution is 0.421. The van der Waals surface area contributed by atoms with Gasteiger partial charge in [-0.05, 0) is 31.7 Å². The van der Waals surface area contributed by atoms with E-state index in [0.717, 1.165) is 31.1 Å². The zero-order chi connectivity index (χ0) is 14.7. The summed E-state index contributed by atoms with van der Waals surface area (Å²) in [4.78, 5) is 6.97. The largest absolute Gasteiger partial charge is 0.349 e. The van der Waals surface area contributed by atoms with E-state index in [-0.39, 0.29) is 0 Å². The molecular weight excluding hydrogens is 264 g/mol. The van der Waals surface area contributed by atoms with Crippen molar-refractivity contribution in [2.45, 2.75) is 39.2 Å². The van der Waals surface area contributed by atoms with Gasteiger partial charge in [-0.2, -0.15) is 0 Å². The van der Waals surface area contributed by atoms with Crippen LogP contribution in [0.25, 0.3) is 5.65 Å². The Balaban J connectivity index is 1.79. The van der Waals surface area contributed by atoms with Crippen LogP contribution in [-0.4, -0.2) is 45.3 Å². The highest BCUT2D eigenvalue weighted by Crippen LogP contribution is 2.25. The van der Waals surface area contributed by atoms with E-state index in [1.165, 1.54) is 19.3 Å². The first kappa shape index (κ1) is 14.3. The average Bonchev–Trinajstić information content (AvgIpc) is 2.96. The van der Waals surface area contributed by atoms with Crippen LogP contribution >= 0.6 is 0 Å². The molecule has 0 aliphatic carbocycles. The number of nitrogens with one attached hydrogen (secondary N) is 1. The van der Waals surface area contributed by atoms with Crippen LogP contribution in [0.15, 0.2) is 18.7 Å². The van der Waals surface area contributed by atoms with E-state index in [2.05, 4.69) is 39.2 Å². The van der Waals surface area contributed by atoms with Crippen LogP contribution in [0.5, 0.6) is 0 Å². The third-order valence-electron chi connectivity index (χ3n) is 4.03. The highest BCUT2D eigenvalue weighted by molar-refractivity contribution is 5.63. The SMILES string of the molecule is CC(C)CNCC1CCCCN1c1nccn2cnnc12. The molecule has 0 spiro atoms. The van der Waals surface area contributed by atoms with Gasteiger partial charge in [-0.1, -0.05) is 13.8 Å².